The third-order valence-electron chi connectivity index (χ3n) is 4.74. The van der Waals surface area contributed by atoms with E-state index in [0.717, 1.165) is 12.8 Å². The lowest BCUT2D eigenvalue weighted by atomic mass is 9.54. The van der Waals surface area contributed by atoms with Gasteiger partial charge in [-0.05, 0) is 32.1 Å². The lowest BCUT2D eigenvalue weighted by Gasteiger charge is -2.49. The van der Waals surface area contributed by atoms with E-state index in [2.05, 4.69) is 19.1 Å². The molecular weight excluding hydrogens is 200 g/mol. The van der Waals surface area contributed by atoms with Gasteiger partial charge in [0.2, 0.25) is 0 Å². The van der Waals surface area contributed by atoms with Gasteiger partial charge in [0.05, 0.1) is 11.5 Å². The van der Waals surface area contributed by atoms with Crippen molar-refractivity contribution in [3.63, 3.8) is 0 Å². The molecule has 0 aromatic rings. The maximum absolute atomic E-state index is 12.3. The molecule has 86 valence electrons. The monoisotopic (exact) mass is 218 g/mol. The second-order valence-corrected chi connectivity index (χ2v) is 5.57. The van der Waals surface area contributed by atoms with Gasteiger partial charge in [-0.2, -0.15) is 0 Å². The lowest BCUT2D eigenvalue weighted by Crippen LogP contribution is -2.50. The van der Waals surface area contributed by atoms with E-state index in [-0.39, 0.29) is 17.4 Å². The predicted octanol–water partition coefficient (Wildman–Crippen LogP) is 2.24. The topological polar surface area (TPSA) is 37.3 Å². The van der Waals surface area contributed by atoms with E-state index < -0.39 is 0 Å². The van der Waals surface area contributed by atoms with Crippen molar-refractivity contribution in [3.8, 4) is 0 Å². The normalized spacial score (nSPS) is 46.2. The van der Waals surface area contributed by atoms with Crippen LogP contribution in [-0.2, 0) is 4.79 Å². The molecule has 1 N–H and O–H groups in total. The number of carbonyl (C=O) groups excluding carboxylic acids is 1. The van der Waals surface area contributed by atoms with E-state index in [1.54, 1.807) is 0 Å². The van der Waals surface area contributed by atoms with Gasteiger partial charge in [0.15, 0.2) is 0 Å². The van der Waals surface area contributed by atoms with Gasteiger partial charge < -0.3 is 5.11 Å². The Morgan fingerprint density at radius 2 is 2.25 bits per heavy atom. The second-order valence-electron chi connectivity index (χ2n) is 5.57. The SMILES string of the molecule is CC1=C[C@@]23CC=CC[C@@H](O)[C@H]2C[C@@H]1CC3=O. The van der Waals surface area contributed by atoms with Crippen LogP contribution >= 0.6 is 0 Å². The van der Waals surface area contributed by atoms with E-state index >= 15 is 0 Å². The minimum Gasteiger partial charge on any atom is -0.392 e. The van der Waals surface area contributed by atoms with Crippen molar-refractivity contribution >= 4 is 5.78 Å². The zero-order chi connectivity index (χ0) is 11.3. The summed E-state index contributed by atoms with van der Waals surface area (Å²) in [6.07, 6.45) is 9.12. The van der Waals surface area contributed by atoms with Gasteiger partial charge in [-0.3, -0.25) is 4.79 Å². The molecule has 2 nitrogen and oxygen atoms in total. The first kappa shape index (κ1) is 10.3. The van der Waals surface area contributed by atoms with Crippen molar-refractivity contribution in [2.45, 2.75) is 38.7 Å². The molecule has 4 atom stereocenters. The zero-order valence-corrected chi connectivity index (χ0v) is 9.65. The Hall–Kier alpha value is -0.890. The van der Waals surface area contributed by atoms with E-state index in [1.165, 1.54) is 5.57 Å². The van der Waals surface area contributed by atoms with Crippen LogP contribution in [0, 0.1) is 17.3 Å². The Kier molecular flexibility index (Phi) is 2.12. The van der Waals surface area contributed by atoms with Gasteiger partial charge in [0, 0.05) is 12.3 Å². The molecule has 1 saturated carbocycles. The highest BCUT2D eigenvalue weighted by molar-refractivity contribution is 5.90. The number of ketones is 1. The molecule has 0 radical (unpaired) electrons. The largest absolute Gasteiger partial charge is 0.392 e. The molecule has 0 aliphatic heterocycles. The molecule has 0 aromatic carbocycles. The fraction of sp³-hybridized carbons (Fsp3) is 0.643. The van der Waals surface area contributed by atoms with Crippen molar-refractivity contribution in [3.05, 3.63) is 23.8 Å². The molecule has 0 aromatic heterocycles. The molecule has 2 heteroatoms. The van der Waals surface area contributed by atoms with E-state index in [1.807, 2.05) is 6.08 Å². The van der Waals surface area contributed by atoms with Crippen molar-refractivity contribution in [2.24, 2.45) is 17.3 Å². The van der Waals surface area contributed by atoms with Crippen molar-refractivity contribution in [2.75, 3.05) is 0 Å². The molecule has 2 bridgehead atoms. The second kappa shape index (κ2) is 3.30. The Bertz CT molecular complexity index is 394. The fourth-order valence-electron chi connectivity index (χ4n) is 3.78. The van der Waals surface area contributed by atoms with Crippen molar-refractivity contribution in [1.29, 1.82) is 0 Å². The van der Waals surface area contributed by atoms with Crippen molar-refractivity contribution < 1.29 is 9.90 Å². The number of aliphatic hydroxyl groups excluding tert-OH is 1. The number of fused-ring (bicyclic) bond motifs is 1. The van der Waals surface area contributed by atoms with Crippen LogP contribution in [0.1, 0.15) is 32.6 Å². The number of rotatable bonds is 0. The number of allylic oxidation sites excluding steroid dienone is 3. The quantitative estimate of drug-likeness (QED) is 0.633. The van der Waals surface area contributed by atoms with E-state index in [0.29, 0.717) is 24.5 Å². The molecule has 4 rings (SSSR count). The summed E-state index contributed by atoms with van der Waals surface area (Å²) < 4.78 is 0. The van der Waals surface area contributed by atoms with Crippen LogP contribution in [0.25, 0.3) is 0 Å². The number of Topliss-reactive ketones (excluding diaryl/α,β-unsaturated/α-hetero) is 1. The molecule has 1 fully saturated rings. The average Bonchev–Trinajstić information content (AvgIpc) is 2.40. The Morgan fingerprint density at radius 3 is 3.06 bits per heavy atom. The molecule has 4 aliphatic carbocycles. The molecule has 0 amide bonds. The van der Waals surface area contributed by atoms with Gasteiger partial charge in [0.1, 0.15) is 5.78 Å². The molecule has 4 aliphatic rings. The molecule has 1 spiro atoms. The predicted molar refractivity (Wildman–Crippen MR) is 61.8 cm³/mol. The smallest absolute Gasteiger partial charge is 0.144 e. The van der Waals surface area contributed by atoms with Gasteiger partial charge >= 0.3 is 0 Å². The Morgan fingerprint density at radius 1 is 1.44 bits per heavy atom. The van der Waals surface area contributed by atoms with Crippen LogP contribution in [0.5, 0.6) is 0 Å². The highest BCUT2D eigenvalue weighted by Crippen LogP contribution is 2.54. The van der Waals surface area contributed by atoms with Crippen LogP contribution in [-0.4, -0.2) is 17.0 Å². The van der Waals surface area contributed by atoms with Gasteiger partial charge in [0.25, 0.3) is 0 Å². The van der Waals surface area contributed by atoms with Gasteiger partial charge in [-0.15, -0.1) is 0 Å². The van der Waals surface area contributed by atoms with Crippen LogP contribution in [0.3, 0.4) is 0 Å². The summed E-state index contributed by atoms with van der Waals surface area (Å²) in [4.78, 5) is 12.3. The maximum atomic E-state index is 12.3. The first-order valence-corrected chi connectivity index (χ1v) is 6.19. The van der Waals surface area contributed by atoms with Gasteiger partial charge in [-0.1, -0.05) is 23.8 Å². The van der Waals surface area contributed by atoms with E-state index in [4.69, 9.17) is 0 Å². The van der Waals surface area contributed by atoms with Crippen molar-refractivity contribution in [1.82, 2.24) is 0 Å². The Labute approximate surface area is 96.0 Å². The molecule has 16 heavy (non-hydrogen) atoms. The number of carbonyl (C=O) groups is 1. The van der Waals surface area contributed by atoms with Crippen LogP contribution in [0.15, 0.2) is 23.8 Å². The summed E-state index contributed by atoms with van der Waals surface area (Å²) in [5, 5.41) is 10.2. The van der Waals surface area contributed by atoms with Crippen LogP contribution in [0.2, 0.25) is 0 Å². The first-order chi connectivity index (χ1) is 7.63. The highest BCUT2D eigenvalue weighted by Gasteiger charge is 2.54. The summed E-state index contributed by atoms with van der Waals surface area (Å²) in [5.41, 5.74) is 0.990. The van der Waals surface area contributed by atoms with E-state index in [9.17, 15) is 9.90 Å². The molecular formula is C14H18O2. The number of hydrogen-bond acceptors (Lipinski definition) is 2. The lowest BCUT2D eigenvalue weighted by molar-refractivity contribution is -0.138. The third-order valence-corrected chi connectivity index (χ3v) is 4.74. The summed E-state index contributed by atoms with van der Waals surface area (Å²) in [6, 6.07) is 0. The summed E-state index contributed by atoms with van der Waals surface area (Å²) in [7, 11) is 0. The highest BCUT2D eigenvalue weighted by atomic mass is 16.3. The third kappa shape index (κ3) is 1.20. The molecule has 0 unspecified atom stereocenters. The summed E-state index contributed by atoms with van der Waals surface area (Å²) in [5.74, 6) is 0.898. The fourth-order valence-corrected chi connectivity index (χ4v) is 3.78. The van der Waals surface area contributed by atoms with Crippen LogP contribution in [0.4, 0.5) is 0 Å². The molecule has 0 saturated heterocycles. The summed E-state index contributed by atoms with van der Waals surface area (Å²) in [6.45, 7) is 2.13. The zero-order valence-electron chi connectivity index (χ0n) is 9.65. The number of aliphatic hydroxyl groups is 1. The number of hydrogen-bond donors (Lipinski definition) is 1. The minimum atomic E-state index is -0.370. The minimum absolute atomic E-state index is 0.150. The average molecular weight is 218 g/mol. The first-order valence-electron chi connectivity index (χ1n) is 6.19. The van der Waals surface area contributed by atoms with Gasteiger partial charge in [-0.25, -0.2) is 0 Å². The molecule has 0 heterocycles. The van der Waals surface area contributed by atoms with Crippen LogP contribution < -0.4 is 0 Å². The standard InChI is InChI=1S/C14H18O2/c1-9-8-14-5-3-2-4-12(15)11(14)6-10(9)7-13(14)16/h2-3,8,10-12,15H,4-7H2,1H3/t10-,11-,12-,14+/m1/s1. The Balaban J connectivity index is 2.11. The summed E-state index contributed by atoms with van der Waals surface area (Å²) >= 11 is 0. The maximum Gasteiger partial charge on any atom is 0.144 e.